The van der Waals surface area contributed by atoms with Crippen LogP contribution in [0.3, 0.4) is 0 Å². The summed E-state index contributed by atoms with van der Waals surface area (Å²) in [5.74, 6) is 0. The van der Waals surface area contributed by atoms with Gasteiger partial charge in [0.05, 0.1) is 0 Å². The highest BCUT2D eigenvalue weighted by Gasteiger charge is 2.31. The van der Waals surface area contributed by atoms with Crippen LogP contribution in [0.2, 0.25) is 0 Å². The molecule has 4 heteroatoms. The van der Waals surface area contributed by atoms with Gasteiger partial charge in [-0.05, 0) is 53.1 Å². The van der Waals surface area contributed by atoms with Crippen molar-refractivity contribution >= 4 is 37.5 Å². The predicted molar refractivity (Wildman–Crippen MR) is 126 cm³/mol. The van der Waals surface area contributed by atoms with Crippen LogP contribution in [0.15, 0.2) is 77.3 Å². The first-order valence-corrected chi connectivity index (χ1v) is 10.9. The minimum absolute atomic E-state index is 0.0869. The second kappa shape index (κ2) is 7.91. The van der Waals surface area contributed by atoms with Crippen molar-refractivity contribution in [1.82, 2.24) is 0 Å². The monoisotopic (exact) mass is 438 g/mol. The van der Waals surface area contributed by atoms with Gasteiger partial charge in [-0.3, -0.25) is 0 Å². The second-order valence-corrected chi connectivity index (χ2v) is 9.93. The molecule has 2 nitrogen and oxygen atoms in total. The van der Waals surface area contributed by atoms with E-state index in [-0.39, 0.29) is 5.04 Å². The van der Waals surface area contributed by atoms with E-state index in [2.05, 4.69) is 127 Å². The van der Waals surface area contributed by atoms with Crippen molar-refractivity contribution in [3.05, 3.63) is 94.0 Å². The first-order valence-electron chi connectivity index (χ1n) is 9.14. The molecular weight excluding hydrogens is 412 g/mol. The van der Waals surface area contributed by atoms with Crippen molar-refractivity contribution in [3.8, 4) is 0 Å². The van der Waals surface area contributed by atoms with Crippen LogP contribution in [0.1, 0.15) is 16.7 Å². The minimum atomic E-state index is -0.0869. The maximum Gasteiger partial charge on any atom is 0.0361 e. The summed E-state index contributed by atoms with van der Waals surface area (Å²) in [7, 11) is 9.30. The summed E-state index contributed by atoms with van der Waals surface area (Å²) < 4.78 is 1.11. The van der Waals surface area contributed by atoms with Gasteiger partial charge in [0.15, 0.2) is 0 Å². The quantitative estimate of drug-likeness (QED) is 0.434. The summed E-state index contributed by atoms with van der Waals surface area (Å²) in [5.41, 5.74) is 6.48. The molecule has 0 aromatic heterocycles. The summed E-state index contributed by atoms with van der Waals surface area (Å²) in [6.07, 6.45) is 0. The highest BCUT2D eigenvalue weighted by molar-refractivity contribution is 9.10. The standard InChI is InChI=1S/C23H27BrN2Si/c1-25(2)21-13-7-18(8-14-21)23(27,17-5-11-20(24)12-6-17)19-9-15-22(16-10-19)26(3)4/h5-16H,1-4,27H3. The zero-order valence-electron chi connectivity index (χ0n) is 16.7. The molecule has 0 saturated heterocycles. The molecule has 3 aromatic rings. The molecule has 140 valence electrons. The number of benzene rings is 3. The molecular formula is C23H27BrN2Si. The van der Waals surface area contributed by atoms with E-state index in [4.69, 9.17) is 0 Å². The van der Waals surface area contributed by atoms with E-state index >= 15 is 0 Å². The van der Waals surface area contributed by atoms with E-state index in [0.717, 1.165) is 14.7 Å². The Hall–Kier alpha value is -2.04. The Morgan fingerprint density at radius 1 is 0.593 bits per heavy atom. The Balaban J connectivity index is 2.15. The lowest BCUT2D eigenvalue weighted by Gasteiger charge is -2.33. The summed E-state index contributed by atoms with van der Waals surface area (Å²) in [6.45, 7) is 0. The molecule has 3 rings (SSSR count). The number of anilines is 2. The van der Waals surface area contributed by atoms with Gasteiger partial charge in [-0.1, -0.05) is 52.3 Å². The first kappa shape index (κ1) is 19.7. The van der Waals surface area contributed by atoms with Gasteiger partial charge in [0, 0.05) is 59.3 Å². The summed E-state index contributed by atoms with van der Waals surface area (Å²) in [4.78, 5) is 4.29. The van der Waals surface area contributed by atoms with E-state index < -0.39 is 0 Å². The molecule has 0 heterocycles. The van der Waals surface area contributed by atoms with Gasteiger partial charge in [-0.25, -0.2) is 0 Å². The van der Waals surface area contributed by atoms with Crippen molar-refractivity contribution in [2.75, 3.05) is 38.0 Å². The molecule has 0 aliphatic heterocycles. The van der Waals surface area contributed by atoms with Gasteiger partial charge in [-0.2, -0.15) is 0 Å². The van der Waals surface area contributed by atoms with Crippen molar-refractivity contribution in [2.24, 2.45) is 0 Å². The zero-order chi connectivity index (χ0) is 19.6. The van der Waals surface area contributed by atoms with Crippen LogP contribution in [0, 0.1) is 0 Å². The molecule has 0 N–H and O–H groups in total. The maximum atomic E-state index is 3.58. The highest BCUT2D eigenvalue weighted by Crippen LogP contribution is 2.38. The maximum absolute atomic E-state index is 3.58. The minimum Gasteiger partial charge on any atom is -0.378 e. The normalized spacial score (nSPS) is 11.4. The second-order valence-electron chi connectivity index (χ2n) is 7.51. The van der Waals surface area contributed by atoms with Gasteiger partial charge < -0.3 is 9.80 Å². The molecule has 0 radical (unpaired) electrons. The molecule has 0 unspecified atom stereocenters. The third kappa shape index (κ3) is 3.97. The van der Waals surface area contributed by atoms with Gasteiger partial charge >= 0.3 is 0 Å². The SMILES string of the molecule is CN(C)c1ccc(C([SiH3])(c2ccc(Br)cc2)c2ccc(N(C)C)cc2)cc1. The molecule has 3 aromatic carbocycles. The molecule has 0 aliphatic rings. The highest BCUT2D eigenvalue weighted by atomic mass is 79.9. The smallest absolute Gasteiger partial charge is 0.0361 e. The molecule has 0 atom stereocenters. The third-order valence-corrected chi connectivity index (χ3v) is 7.60. The molecule has 0 saturated carbocycles. The van der Waals surface area contributed by atoms with E-state index in [9.17, 15) is 0 Å². The number of hydrogen-bond donors (Lipinski definition) is 0. The Morgan fingerprint density at radius 2 is 0.889 bits per heavy atom. The van der Waals surface area contributed by atoms with Gasteiger partial charge in [-0.15, -0.1) is 0 Å². The average Bonchev–Trinajstić information content (AvgIpc) is 2.68. The van der Waals surface area contributed by atoms with Gasteiger partial charge in [0.25, 0.3) is 0 Å². The van der Waals surface area contributed by atoms with E-state index in [0.29, 0.717) is 0 Å². The van der Waals surface area contributed by atoms with Crippen molar-refractivity contribution in [2.45, 2.75) is 5.04 Å². The van der Waals surface area contributed by atoms with E-state index in [1.807, 2.05) is 0 Å². The van der Waals surface area contributed by atoms with Crippen LogP contribution < -0.4 is 9.80 Å². The van der Waals surface area contributed by atoms with Crippen LogP contribution in [-0.2, 0) is 5.04 Å². The lowest BCUT2D eigenvalue weighted by molar-refractivity contribution is 0.875. The fraction of sp³-hybridized carbons (Fsp3) is 0.217. The van der Waals surface area contributed by atoms with Crippen molar-refractivity contribution < 1.29 is 0 Å². The average molecular weight is 439 g/mol. The largest absolute Gasteiger partial charge is 0.378 e. The number of nitrogens with zero attached hydrogens (tertiary/aromatic N) is 2. The fourth-order valence-electron chi connectivity index (χ4n) is 3.47. The van der Waals surface area contributed by atoms with Crippen LogP contribution in [-0.4, -0.2) is 38.4 Å². The van der Waals surface area contributed by atoms with Crippen LogP contribution >= 0.6 is 15.9 Å². The molecule has 27 heavy (non-hydrogen) atoms. The number of rotatable bonds is 5. The molecule has 0 bridgehead atoms. The van der Waals surface area contributed by atoms with E-state index in [1.54, 1.807) is 0 Å². The van der Waals surface area contributed by atoms with Gasteiger partial charge in [0.1, 0.15) is 0 Å². The Labute approximate surface area is 174 Å². The fourth-order valence-corrected chi connectivity index (χ4v) is 4.73. The van der Waals surface area contributed by atoms with Gasteiger partial charge in [0.2, 0.25) is 0 Å². The Kier molecular flexibility index (Phi) is 5.77. The van der Waals surface area contributed by atoms with Crippen molar-refractivity contribution in [3.63, 3.8) is 0 Å². The first-order chi connectivity index (χ1) is 12.8. The topological polar surface area (TPSA) is 6.48 Å². The molecule has 0 spiro atoms. The zero-order valence-corrected chi connectivity index (χ0v) is 20.3. The Morgan fingerprint density at radius 3 is 1.19 bits per heavy atom. The van der Waals surface area contributed by atoms with Crippen LogP contribution in [0.5, 0.6) is 0 Å². The Bertz CT molecular complexity index is 834. The molecule has 0 fully saturated rings. The lowest BCUT2D eigenvalue weighted by Crippen LogP contribution is -2.30. The molecule has 0 amide bonds. The summed E-state index contributed by atoms with van der Waals surface area (Å²) in [5, 5.41) is -0.0869. The number of halogens is 1. The lowest BCUT2D eigenvalue weighted by atomic mass is 9.83. The van der Waals surface area contributed by atoms with E-state index in [1.165, 1.54) is 28.1 Å². The number of hydrogen-bond acceptors (Lipinski definition) is 2. The molecule has 0 aliphatic carbocycles. The van der Waals surface area contributed by atoms with Crippen LogP contribution in [0.4, 0.5) is 11.4 Å². The van der Waals surface area contributed by atoms with Crippen molar-refractivity contribution in [1.29, 1.82) is 0 Å². The third-order valence-electron chi connectivity index (χ3n) is 5.34. The summed E-state index contributed by atoms with van der Waals surface area (Å²) in [6, 6.07) is 26.8. The summed E-state index contributed by atoms with van der Waals surface area (Å²) >= 11 is 3.58. The van der Waals surface area contributed by atoms with Crippen LogP contribution in [0.25, 0.3) is 0 Å². The predicted octanol–water partition coefficient (Wildman–Crippen LogP) is 4.24.